The number of nitrogens with one attached hydrogen (secondary N) is 3. The second kappa shape index (κ2) is 7.87. The lowest BCUT2D eigenvalue weighted by Gasteiger charge is -2.30. The Hall–Kier alpha value is -2.08. The Morgan fingerprint density at radius 3 is 2.72 bits per heavy atom. The number of ether oxygens (including phenoxy) is 1. The summed E-state index contributed by atoms with van der Waals surface area (Å²) >= 11 is 0. The van der Waals surface area contributed by atoms with E-state index in [1.54, 1.807) is 18.2 Å². The minimum Gasteiger partial charge on any atom is -0.378 e. The van der Waals surface area contributed by atoms with E-state index in [2.05, 4.69) is 16.0 Å². The number of carbonyl (C=O) groups is 2. The SMILES string of the molecule is CCNC(=O)c1ccc(NC(=O)N[C@H]2CCO[C@@H](C3CC3)C2)c(C)c1. The lowest BCUT2D eigenvalue weighted by Crippen LogP contribution is -2.44. The van der Waals surface area contributed by atoms with Gasteiger partial charge in [0.25, 0.3) is 5.91 Å². The van der Waals surface area contributed by atoms with Crippen LogP contribution in [0.2, 0.25) is 0 Å². The zero-order valence-electron chi connectivity index (χ0n) is 14.9. The molecule has 1 saturated heterocycles. The maximum atomic E-state index is 12.3. The first-order valence-corrected chi connectivity index (χ1v) is 9.14. The van der Waals surface area contributed by atoms with Crippen molar-refractivity contribution < 1.29 is 14.3 Å². The molecule has 0 unspecified atom stereocenters. The molecule has 2 aliphatic rings. The lowest BCUT2D eigenvalue weighted by molar-refractivity contribution is -0.00889. The number of hydrogen-bond acceptors (Lipinski definition) is 3. The molecule has 6 heteroatoms. The monoisotopic (exact) mass is 345 g/mol. The minimum absolute atomic E-state index is 0.102. The number of benzene rings is 1. The molecule has 1 aliphatic heterocycles. The van der Waals surface area contributed by atoms with Gasteiger partial charge in [0.1, 0.15) is 0 Å². The Morgan fingerprint density at radius 2 is 2.04 bits per heavy atom. The summed E-state index contributed by atoms with van der Waals surface area (Å²) in [6.07, 6.45) is 4.55. The minimum atomic E-state index is -0.199. The zero-order valence-corrected chi connectivity index (χ0v) is 14.9. The molecule has 0 spiro atoms. The number of hydrogen-bond donors (Lipinski definition) is 3. The summed E-state index contributed by atoms with van der Waals surface area (Å²) in [5, 5.41) is 8.72. The first-order chi connectivity index (χ1) is 12.1. The van der Waals surface area contributed by atoms with E-state index in [0.717, 1.165) is 24.1 Å². The van der Waals surface area contributed by atoms with E-state index < -0.39 is 0 Å². The molecule has 25 heavy (non-hydrogen) atoms. The summed E-state index contributed by atoms with van der Waals surface area (Å²) in [6.45, 7) is 5.07. The van der Waals surface area contributed by atoms with E-state index in [-0.39, 0.29) is 18.0 Å². The number of anilines is 1. The van der Waals surface area contributed by atoms with Crippen molar-refractivity contribution >= 4 is 17.6 Å². The third-order valence-corrected chi connectivity index (χ3v) is 4.87. The van der Waals surface area contributed by atoms with Gasteiger partial charge >= 0.3 is 6.03 Å². The van der Waals surface area contributed by atoms with Crippen molar-refractivity contribution in [1.29, 1.82) is 0 Å². The molecule has 136 valence electrons. The van der Waals surface area contributed by atoms with Crippen LogP contribution in [0.15, 0.2) is 18.2 Å². The van der Waals surface area contributed by atoms with Gasteiger partial charge in [-0.25, -0.2) is 4.79 Å². The number of carbonyl (C=O) groups excluding carboxylic acids is 2. The molecule has 2 fully saturated rings. The van der Waals surface area contributed by atoms with E-state index in [0.29, 0.717) is 30.7 Å². The molecule has 0 radical (unpaired) electrons. The van der Waals surface area contributed by atoms with Gasteiger partial charge < -0.3 is 20.7 Å². The van der Waals surface area contributed by atoms with Gasteiger partial charge in [0, 0.05) is 30.4 Å². The van der Waals surface area contributed by atoms with E-state index in [4.69, 9.17) is 4.74 Å². The number of aryl methyl sites for hydroxylation is 1. The summed E-state index contributed by atoms with van der Waals surface area (Å²) in [7, 11) is 0. The first-order valence-electron chi connectivity index (χ1n) is 9.14. The van der Waals surface area contributed by atoms with Crippen molar-refractivity contribution in [2.45, 2.75) is 51.7 Å². The van der Waals surface area contributed by atoms with Crippen LogP contribution in [-0.2, 0) is 4.74 Å². The highest BCUT2D eigenvalue weighted by Crippen LogP contribution is 2.38. The highest BCUT2D eigenvalue weighted by atomic mass is 16.5. The molecule has 3 rings (SSSR count). The maximum Gasteiger partial charge on any atom is 0.319 e. The smallest absolute Gasteiger partial charge is 0.319 e. The van der Waals surface area contributed by atoms with Crippen molar-refractivity contribution in [3.05, 3.63) is 29.3 Å². The average molecular weight is 345 g/mol. The predicted molar refractivity (Wildman–Crippen MR) is 96.8 cm³/mol. The topological polar surface area (TPSA) is 79.5 Å². The Kier molecular flexibility index (Phi) is 5.58. The normalized spacial score (nSPS) is 23.0. The summed E-state index contributed by atoms with van der Waals surface area (Å²) in [6, 6.07) is 5.25. The van der Waals surface area contributed by atoms with Gasteiger partial charge in [-0.2, -0.15) is 0 Å². The van der Waals surface area contributed by atoms with E-state index >= 15 is 0 Å². The molecule has 0 bridgehead atoms. The lowest BCUT2D eigenvalue weighted by atomic mass is 10.0. The fraction of sp³-hybridized carbons (Fsp3) is 0.579. The predicted octanol–water partition coefficient (Wildman–Crippen LogP) is 2.82. The van der Waals surface area contributed by atoms with Crippen molar-refractivity contribution in [3.8, 4) is 0 Å². The van der Waals surface area contributed by atoms with Crippen LogP contribution in [0.5, 0.6) is 0 Å². The molecule has 1 aromatic rings. The van der Waals surface area contributed by atoms with Gasteiger partial charge in [0.2, 0.25) is 0 Å². The van der Waals surface area contributed by atoms with E-state index in [1.807, 2.05) is 13.8 Å². The first kappa shape index (κ1) is 17.7. The molecule has 1 aliphatic carbocycles. The average Bonchev–Trinajstić information content (AvgIpc) is 3.42. The van der Waals surface area contributed by atoms with Crippen molar-refractivity contribution in [2.75, 3.05) is 18.5 Å². The van der Waals surface area contributed by atoms with Crippen LogP contribution >= 0.6 is 0 Å². The second-order valence-electron chi connectivity index (χ2n) is 6.96. The van der Waals surface area contributed by atoms with Crippen LogP contribution in [0.3, 0.4) is 0 Å². The van der Waals surface area contributed by atoms with E-state index in [9.17, 15) is 9.59 Å². The Bertz CT molecular complexity index is 643. The molecule has 3 N–H and O–H groups in total. The van der Waals surface area contributed by atoms with Crippen LogP contribution in [0.1, 0.15) is 48.5 Å². The second-order valence-corrected chi connectivity index (χ2v) is 6.96. The van der Waals surface area contributed by atoms with Crippen LogP contribution in [0, 0.1) is 12.8 Å². The van der Waals surface area contributed by atoms with Gasteiger partial charge in [0.05, 0.1) is 6.10 Å². The molecule has 1 heterocycles. The van der Waals surface area contributed by atoms with Gasteiger partial charge in [-0.15, -0.1) is 0 Å². The van der Waals surface area contributed by atoms with E-state index in [1.165, 1.54) is 12.8 Å². The fourth-order valence-corrected chi connectivity index (χ4v) is 3.31. The van der Waals surface area contributed by atoms with Crippen LogP contribution < -0.4 is 16.0 Å². The Labute approximate surface area is 148 Å². The van der Waals surface area contributed by atoms with Crippen molar-refractivity contribution in [2.24, 2.45) is 5.92 Å². The molecular weight excluding hydrogens is 318 g/mol. The zero-order chi connectivity index (χ0) is 17.8. The molecule has 6 nitrogen and oxygen atoms in total. The quantitative estimate of drug-likeness (QED) is 0.768. The Morgan fingerprint density at radius 1 is 1.24 bits per heavy atom. The molecule has 1 aromatic carbocycles. The van der Waals surface area contributed by atoms with Gasteiger partial charge in [-0.1, -0.05) is 0 Å². The molecular formula is C19H27N3O3. The fourth-order valence-electron chi connectivity index (χ4n) is 3.31. The van der Waals surface area contributed by atoms with Crippen LogP contribution in [0.4, 0.5) is 10.5 Å². The van der Waals surface area contributed by atoms with Gasteiger partial charge in [-0.3, -0.25) is 4.79 Å². The van der Waals surface area contributed by atoms with Gasteiger partial charge in [-0.05, 0) is 69.2 Å². The van der Waals surface area contributed by atoms with Gasteiger partial charge in [0.15, 0.2) is 0 Å². The molecule has 3 amide bonds. The third-order valence-electron chi connectivity index (χ3n) is 4.87. The molecule has 0 aromatic heterocycles. The Balaban J connectivity index is 1.54. The third kappa shape index (κ3) is 4.72. The van der Waals surface area contributed by atoms with Crippen molar-refractivity contribution in [1.82, 2.24) is 10.6 Å². The summed E-state index contributed by atoms with van der Waals surface area (Å²) < 4.78 is 5.80. The van der Waals surface area contributed by atoms with Crippen LogP contribution in [-0.4, -0.2) is 37.2 Å². The number of amides is 3. The number of urea groups is 1. The largest absolute Gasteiger partial charge is 0.378 e. The highest BCUT2D eigenvalue weighted by Gasteiger charge is 2.36. The van der Waals surface area contributed by atoms with Crippen LogP contribution in [0.25, 0.3) is 0 Å². The number of rotatable bonds is 5. The molecule has 1 saturated carbocycles. The standard InChI is InChI=1S/C19H27N3O3/c1-3-20-18(23)14-6-7-16(12(2)10-14)22-19(24)21-15-8-9-25-17(11-15)13-4-5-13/h6-7,10,13,15,17H,3-5,8-9,11H2,1-2H3,(H,20,23)(H2,21,22,24)/t15-,17+/m0/s1. The highest BCUT2D eigenvalue weighted by molar-refractivity contribution is 5.96. The summed E-state index contributed by atoms with van der Waals surface area (Å²) in [5.41, 5.74) is 2.18. The van der Waals surface area contributed by atoms with Crippen molar-refractivity contribution in [3.63, 3.8) is 0 Å². The maximum absolute atomic E-state index is 12.3. The molecule has 2 atom stereocenters. The summed E-state index contributed by atoms with van der Waals surface area (Å²) in [5.74, 6) is 0.589. The summed E-state index contributed by atoms with van der Waals surface area (Å²) in [4.78, 5) is 24.2.